The zero-order valence-electron chi connectivity index (χ0n) is 16.6. The van der Waals surface area contributed by atoms with Crippen LogP contribution in [0.3, 0.4) is 0 Å². The van der Waals surface area contributed by atoms with Crippen molar-refractivity contribution in [2.75, 3.05) is 6.54 Å². The van der Waals surface area contributed by atoms with E-state index in [1.54, 1.807) is 20.8 Å². The van der Waals surface area contributed by atoms with E-state index in [0.29, 0.717) is 6.54 Å². The summed E-state index contributed by atoms with van der Waals surface area (Å²) in [6.45, 7) is 5.96. The number of alkyl carbamates (subject to hydrolysis) is 1. The van der Waals surface area contributed by atoms with E-state index in [0.717, 1.165) is 11.1 Å². The first-order chi connectivity index (χ1) is 13.2. The van der Waals surface area contributed by atoms with Crippen LogP contribution in [0.5, 0.6) is 0 Å². The van der Waals surface area contributed by atoms with Gasteiger partial charge in [-0.2, -0.15) is 0 Å². The van der Waals surface area contributed by atoms with Crippen molar-refractivity contribution < 1.29 is 19.4 Å². The average molecular weight is 384 g/mol. The fourth-order valence-electron chi connectivity index (χ4n) is 2.87. The molecule has 0 aliphatic carbocycles. The predicted molar refractivity (Wildman–Crippen MR) is 108 cm³/mol. The molecular weight excluding hydrogens is 356 g/mol. The van der Waals surface area contributed by atoms with E-state index in [-0.39, 0.29) is 13.2 Å². The Balaban J connectivity index is 2.07. The summed E-state index contributed by atoms with van der Waals surface area (Å²) < 4.78 is 5.25. The topological polar surface area (TPSA) is 87.7 Å². The lowest BCUT2D eigenvalue weighted by atomic mass is 9.73. The van der Waals surface area contributed by atoms with Crippen LogP contribution in [0.25, 0.3) is 0 Å². The van der Waals surface area contributed by atoms with Gasteiger partial charge >= 0.3 is 12.1 Å². The fraction of sp³-hybridized carbons (Fsp3) is 0.364. The van der Waals surface area contributed by atoms with Crippen LogP contribution < -0.4 is 10.6 Å². The summed E-state index contributed by atoms with van der Waals surface area (Å²) in [6, 6.07) is 18.9. The maximum Gasteiger partial charge on any atom is 0.408 e. The predicted octanol–water partition coefficient (Wildman–Crippen LogP) is 3.57. The van der Waals surface area contributed by atoms with Gasteiger partial charge in [-0.3, -0.25) is 0 Å². The molecule has 0 spiro atoms. The minimum Gasteiger partial charge on any atom is -0.479 e. The van der Waals surface area contributed by atoms with Gasteiger partial charge in [0, 0.05) is 13.1 Å². The smallest absolute Gasteiger partial charge is 0.408 e. The molecule has 0 aromatic heterocycles. The van der Waals surface area contributed by atoms with E-state index in [1.807, 2.05) is 60.7 Å². The number of carbonyl (C=O) groups is 2. The molecule has 0 saturated carbocycles. The second-order valence-corrected chi connectivity index (χ2v) is 7.74. The van der Waals surface area contributed by atoms with Crippen molar-refractivity contribution in [3.8, 4) is 0 Å². The van der Waals surface area contributed by atoms with Crippen molar-refractivity contribution in [1.29, 1.82) is 0 Å². The van der Waals surface area contributed by atoms with Crippen LogP contribution in [0.15, 0.2) is 60.7 Å². The van der Waals surface area contributed by atoms with Crippen molar-refractivity contribution >= 4 is 12.1 Å². The van der Waals surface area contributed by atoms with Crippen molar-refractivity contribution in [2.45, 2.75) is 39.5 Å². The molecule has 1 amide bonds. The summed E-state index contributed by atoms with van der Waals surface area (Å²) in [4.78, 5) is 24.6. The molecule has 2 aromatic carbocycles. The molecule has 2 rings (SSSR count). The largest absolute Gasteiger partial charge is 0.479 e. The van der Waals surface area contributed by atoms with Crippen LogP contribution >= 0.6 is 0 Å². The van der Waals surface area contributed by atoms with Gasteiger partial charge in [0.1, 0.15) is 6.61 Å². The molecule has 0 aliphatic rings. The summed E-state index contributed by atoms with van der Waals surface area (Å²) in [5.74, 6) is -1.11. The van der Waals surface area contributed by atoms with Gasteiger partial charge in [-0.05, 0) is 16.5 Å². The fourth-order valence-corrected chi connectivity index (χ4v) is 2.87. The number of hydrogen-bond donors (Lipinski definition) is 3. The number of carbonyl (C=O) groups excluding carboxylic acids is 1. The van der Waals surface area contributed by atoms with Gasteiger partial charge < -0.3 is 20.5 Å². The van der Waals surface area contributed by atoms with Gasteiger partial charge in [0.15, 0.2) is 5.54 Å². The highest BCUT2D eigenvalue weighted by molar-refractivity contribution is 5.85. The third-order valence-corrected chi connectivity index (χ3v) is 4.74. The second-order valence-electron chi connectivity index (χ2n) is 7.74. The van der Waals surface area contributed by atoms with Crippen molar-refractivity contribution in [3.63, 3.8) is 0 Å². The first-order valence-electron chi connectivity index (χ1n) is 9.21. The Morgan fingerprint density at radius 2 is 1.46 bits per heavy atom. The summed E-state index contributed by atoms with van der Waals surface area (Å²) in [7, 11) is 0. The molecule has 3 N–H and O–H groups in total. The molecule has 6 nitrogen and oxygen atoms in total. The van der Waals surface area contributed by atoms with Crippen LogP contribution in [-0.2, 0) is 22.7 Å². The lowest BCUT2D eigenvalue weighted by molar-refractivity contribution is -0.149. The Hall–Kier alpha value is -2.86. The number of benzene rings is 2. The zero-order valence-corrected chi connectivity index (χ0v) is 16.6. The standard InChI is InChI=1S/C22H28N2O4/c1-21(2,3)22(19(25)26,16-23-14-17-10-6-4-7-11-17)24-20(27)28-15-18-12-8-5-9-13-18/h4-13,23H,14-16H2,1-3H3,(H,24,27)(H,25,26)/t22-/m0/s1. The molecule has 0 fully saturated rings. The van der Waals surface area contributed by atoms with E-state index in [4.69, 9.17) is 4.74 Å². The number of carboxylic acid groups (broad SMARTS) is 1. The molecule has 1 atom stereocenters. The molecule has 150 valence electrons. The van der Waals surface area contributed by atoms with Gasteiger partial charge in [0.05, 0.1) is 0 Å². The quantitative estimate of drug-likeness (QED) is 0.648. The van der Waals surface area contributed by atoms with Crippen molar-refractivity contribution in [2.24, 2.45) is 5.41 Å². The van der Waals surface area contributed by atoms with Crippen LogP contribution in [0.1, 0.15) is 31.9 Å². The van der Waals surface area contributed by atoms with Crippen LogP contribution in [0.2, 0.25) is 0 Å². The number of aliphatic carboxylic acids is 1. The maximum absolute atomic E-state index is 12.4. The third kappa shape index (κ3) is 5.57. The molecule has 6 heteroatoms. The minimum atomic E-state index is -1.53. The monoisotopic (exact) mass is 384 g/mol. The molecule has 0 heterocycles. The van der Waals surface area contributed by atoms with Gasteiger partial charge in [0.2, 0.25) is 0 Å². The van der Waals surface area contributed by atoms with Crippen LogP contribution in [0.4, 0.5) is 4.79 Å². The zero-order chi connectivity index (χ0) is 20.6. The van der Waals surface area contributed by atoms with E-state index >= 15 is 0 Å². The molecule has 0 unspecified atom stereocenters. The first-order valence-corrected chi connectivity index (χ1v) is 9.21. The van der Waals surface area contributed by atoms with Crippen molar-refractivity contribution in [3.05, 3.63) is 71.8 Å². The Bertz CT molecular complexity index is 772. The number of amides is 1. The Morgan fingerprint density at radius 1 is 0.929 bits per heavy atom. The Kier molecular flexibility index (Phi) is 7.18. The van der Waals surface area contributed by atoms with E-state index < -0.39 is 23.0 Å². The van der Waals surface area contributed by atoms with Crippen LogP contribution in [-0.4, -0.2) is 29.3 Å². The van der Waals surface area contributed by atoms with Crippen LogP contribution in [0, 0.1) is 5.41 Å². The van der Waals surface area contributed by atoms with Gasteiger partial charge in [-0.1, -0.05) is 81.4 Å². The highest BCUT2D eigenvalue weighted by Crippen LogP contribution is 2.31. The SMILES string of the molecule is CC(C)(C)[C@@](CNCc1ccccc1)(NC(=O)OCc1ccccc1)C(=O)O. The van der Waals surface area contributed by atoms with E-state index in [1.165, 1.54) is 0 Å². The minimum absolute atomic E-state index is 0.0567. The second kappa shape index (κ2) is 9.37. The average Bonchev–Trinajstić information content (AvgIpc) is 2.66. The van der Waals surface area contributed by atoms with Crippen molar-refractivity contribution in [1.82, 2.24) is 10.6 Å². The Morgan fingerprint density at radius 3 is 1.96 bits per heavy atom. The van der Waals surface area contributed by atoms with E-state index in [2.05, 4.69) is 10.6 Å². The lowest BCUT2D eigenvalue weighted by Crippen LogP contribution is -2.67. The number of rotatable bonds is 8. The maximum atomic E-state index is 12.4. The molecule has 0 radical (unpaired) electrons. The van der Waals surface area contributed by atoms with Gasteiger partial charge in [-0.25, -0.2) is 9.59 Å². The number of hydrogen-bond acceptors (Lipinski definition) is 4. The Labute approximate surface area is 165 Å². The molecule has 0 bridgehead atoms. The third-order valence-electron chi connectivity index (χ3n) is 4.74. The molecule has 2 aromatic rings. The number of carboxylic acids is 1. The highest BCUT2D eigenvalue weighted by atomic mass is 16.5. The van der Waals surface area contributed by atoms with Gasteiger partial charge in [-0.15, -0.1) is 0 Å². The first kappa shape index (κ1) is 21.4. The molecule has 0 aliphatic heterocycles. The molecule has 28 heavy (non-hydrogen) atoms. The molecule has 0 saturated heterocycles. The number of nitrogens with one attached hydrogen (secondary N) is 2. The molecular formula is C22H28N2O4. The lowest BCUT2D eigenvalue weighted by Gasteiger charge is -2.41. The summed E-state index contributed by atoms with van der Waals surface area (Å²) >= 11 is 0. The summed E-state index contributed by atoms with van der Waals surface area (Å²) in [5.41, 5.74) is -0.428. The van der Waals surface area contributed by atoms with E-state index in [9.17, 15) is 14.7 Å². The summed E-state index contributed by atoms with van der Waals surface area (Å²) in [5, 5.41) is 15.7. The van der Waals surface area contributed by atoms with Gasteiger partial charge in [0.25, 0.3) is 0 Å². The summed E-state index contributed by atoms with van der Waals surface area (Å²) in [6.07, 6.45) is -0.761. The normalized spacial score (nSPS) is 13.4. The number of ether oxygens (including phenoxy) is 1. The highest BCUT2D eigenvalue weighted by Gasteiger charge is 2.50.